The molecular formula is C26H21N3O3. The molecular weight excluding hydrogens is 402 g/mol. The van der Waals surface area contributed by atoms with Crippen LogP contribution >= 0.6 is 0 Å². The van der Waals surface area contributed by atoms with E-state index in [1.165, 1.54) is 4.90 Å². The molecule has 3 aromatic rings. The first-order chi connectivity index (χ1) is 15.6. The van der Waals surface area contributed by atoms with Crippen LogP contribution < -0.4 is 10.6 Å². The summed E-state index contributed by atoms with van der Waals surface area (Å²) >= 11 is 0. The summed E-state index contributed by atoms with van der Waals surface area (Å²) in [6.07, 6.45) is 0. The van der Waals surface area contributed by atoms with Crippen molar-refractivity contribution in [2.75, 3.05) is 5.32 Å². The predicted octanol–water partition coefficient (Wildman–Crippen LogP) is 2.98. The molecule has 0 unspecified atom stereocenters. The summed E-state index contributed by atoms with van der Waals surface area (Å²) in [5.41, 5.74) is 1.89. The lowest BCUT2D eigenvalue weighted by molar-refractivity contribution is -0.143. The van der Waals surface area contributed by atoms with Gasteiger partial charge in [-0.05, 0) is 17.2 Å². The molecule has 2 N–H and O–H groups in total. The molecule has 3 aromatic carbocycles. The third-order valence-electron chi connectivity index (χ3n) is 6.95. The van der Waals surface area contributed by atoms with Crippen LogP contribution in [-0.2, 0) is 26.5 Å². The number of amides is 3. The predicted molar refractivity (Wildman–Crippen MR) is 118 cm³/mol. The second-order valence-electron chi connectivity index (χ2n) is 8.59. The van der Waals surface area contributed by atoms with Gasteiger partial charge in [-0.2, -0.15) is 0 Å². The maximum Gasteiger partial charge on any atom is 0.250 e. The number of para-hydroxylation sites is 1. The van der Waals surface area contributed by atoms with Crippen molar-refractivity contribution < 1.29 is 14.4 Å². The van der Waals surface area contributed by atoms with Gasteiger partial charge in [-0.15, -0.1) is 0 Å². The standard InChI is InChI=1S/C26H21N3O3/c30-23-20-21(24(31)29(23)15-16-9-3-1-4-10-16)26(28-22(20)17-11-5-2-6-12-17)18-13-7-8-14-19(18)27-25(26)32/h1-14,20-22,28H,15H2,(H,27,32)/t20-,21+,22+,26+/m1/s1. The number of nitrogens with one attached hydrogen (secondary N) is 2. The van der Waals surface area contributed by atoms with E-state index >= 15 is 0 Å². The summed E-state index contributed by atoms with van der Waals surface area (Å²) in [6, 6.07) is 26.0. The van der Waals surface area contributed by atoms with Crippen LogP contribution in [0.4, 0.5) is 5.69 Å². The van der Waals surface area contributed by atoms with Crippen LogP contribution in [0.15, 0.2) is 84.9 Å². The summed E-state index contributed by atoms with van der Waals surface area (Å²) in [7, 11) is 0. The van der Waals surface area contributed by atoms with E-state index in [4.69, 9.17) is 0 Å². The molecule has 6 heteroatoms. The van der Waals surface area contributed by atoms with Crippen molar-refractivity contribution in [3.05, 3.63) is 102 Å². The van der Waals surface area contributed by atoms with E-state index in [0.717, 1.165) is 16.7 Å². The van der Waals surface area contributed by atoms with Crippen molar-refractivity contribution in [3.63, 3.8) is 0 Å². The Labute approximate surface area is 185 Å². The van der Waals surface area contributed by atoms with E-state index in [-0.39, 0.29) is 24.3 Å². The fraction of sp³-hybridized carbons (Fsp3) is 0.192. The van der Waals surface area contributed by atoms with Crippen LogP contribution in [0.2, 0.25) is 0 Å². The normalized spacial score (nSPS) is 28.2. The molecule has 1 spiro atoms. The molecule has 3 amide bonds. The minimum atomic E-state index is -1.28. The van der Waals surface area contributed by atoms with E-state index in [0.29, 0.717) is 5.69 Å². The molecule has 2 saturated heterocycles. The molecule has 6 rings (SSSR count). The molecule has 3 aliphatic heterocycles. The Hall–Kier alpha value is -3.77. The number of anilines is 1. The third kappa shape index (κ3) is 2.47. The van der Waals surface area contributed by atoms with Gasteiger partial charge in [0.05, 0.1) is 18.4 Å². The summed E-state index contributed by atoms with van der Waals surface area (Å²) in [5, 5.41) is 6.39. The van der Waals surface area contributed by atoms with Gasteiger partial charge in [-0.3, -0.25) is 24.6 Å². The number of hydrogen-bond acceptors (Lipinski definition) is 4. The molecule has 2 fully saturated rings. The fourth-order valence-corrected chi connectivity index (χ4v) is 5.57. The smallest absolute Gasteiger partial charge is 0.250 e. The molecule has 0 saturated carbocycles. The number of carbonyl (C=O) groups excluding carboxylic acids is 3. The highest BCUT2D eigenvalue weighted by Gasteiger charge is 2.70. The lowest BCUT2D eigenvalue weighted by Gasteiger charge is -2.29. The van der Waals surface area contributed by atoms with Crippen LogP contribution in [0.25, 0.3) is 0 Å². The first kappa shape index (κ1) is 19.0. The zero-order chi connectivity index (χ0) is 21.9. The Bertz CT molecular complexity index is 1240. The largest absolute Gasteiger partial charge is 0.324 e. The lowest BCUT2D eigenvalue weighted by atomic mass is 9.76. The lowest BCUT2D eigenvalue weighted by Crippen LogP contribution is -2.51. The average molecular weight is 423 g/mol. The van der Waals surface area contributed by atoms with Crippen LogP contribution in [0.3, 0.4) is 0 Å². The van der Waals surface area contributed by atoms with Crippen LogP contribution in [-0.4, -0.2) is 22.6 Å². The first-order valence-corrected chi connectivity index (χ1v) is 10.7. The SMILES string of the molecule is O=C1[C@@H]2[C@@H](C(=O)N1Cc1ccccc1)[C@]1(N[C@H]2c2ccccc2)C(=O)Nc2ccccc21. The van der Waals surface area contributed by atoms with Crippen LogP contribution in [0, 0.1) is 11.8 Å². The van der Waals surface area contributed by atoms with E-state index in [1.54, 1.807) is 0 Å². The van der Waals surface area contributed by atoms with Crippen molar-refractivity contribution in [1.82, 2.24) is 10.2 Å². The molecule has 158 valence electrons. The van der Waals surface area contributed by atoms with Gasteiger partial charge in [-0.25, -0.2) is 0 Å². The van der Waals surface area contributed by atoms with Gasteiger partial charge in [-0.1, -0.05) is 78.9 Å². The molecule has 3 heterocycles. The number of carbonyl (C=O) groups is 3. The van der Waals surface area contributed by atoms with Gasteiger partial charge >= 0.3 is 0 Å². The maximum atomic E-state index is 13.8. The number of hydrogen-bond donors (Lipinski definition) is 2. The molecule has 0 aliphatic carbocycles. The highest BCUT2D eigenvalue weighted by Crippen LogP contribution is 2.56. The van der Waals surface area contributed by atoms with Crippen molar-refractivity contribution in [1.29, 1.82) is 0 Å². The summed E-state index contributed by atoms with van der Waals surface area (Å²) < 4.78 is 0. The van der Waals surface area contributed by atoms with Crippen LogP contribution in [0.5, 0.6) is 0 Å². The molecule has 0 bridgehead atoms. The van der Waals surface area contributed by atoms with Gasteiger partial charge in [0.15, 0.2) is 0 Å². The second-order valence-corrected chi connectivity index (χ2v) is 8.59. The van der Waals surface area contributed by atoms with Gasteiger partial charge in [0, 0.05) is 17.3 Å². The molecule has 0 radical (unpaired) electrons. The number of imide groups is 1. The van der Waals surface area contributed by atoms with Crippen molar-refractivity contribution in [3.8, 4) is 0 Å². The van der Waals surface area contributed by atoms with Gasteiger partial charge in [0.2, 0.25) is 17.7 Å². The van der Waals surface area contributed by atoms with E-state index in [2.05, 4.69) is 10.6 Å². The Morgan fingerprint density at radius 3 is 2.19 bits per heavy atom. The van der Waals surface area contributed by atoms with Crippen molar-refractivity contribution in [2.24, 2.45) is 11.8 Å². The van der Waals surface area contributed by atoms with Crippen molar-refractivity contribution in [2.45, 2.75) is 18.1 Å². The van der Waals surface area contributed by atoms with Gasteiger partial charge in [0.25, 0.3) is 0 Å². The second kappa shape index (κ2) is 6.87. The van der Waals surface area contributed by atoms with E-state index in [1.807, 2.05) is 84.9 Å². The Morgan fingerprint density at radius 1 is 0.781 bits per heavy atom. The summed E-state index contributed by atoms with van der Waals surface area (Å²) in [5.74, 6) is -2.30. The van der Waals surface area contributed by atoms with E-state index in [9.17, 15) is 14.4 Å². The number of fused-ring (bicyclic) bond motifs is 4. The molecule has 3 aliphatic rings. The topological polar surface area (TPSA) is 78.5 Å². The summed E-state index contributed by atoms with van der Waals surface area (Å²) in [4.78, 5) is 42.2. The van der Waals surface area contributed by atoms with Gasteiger partial charge in [0.1, 0.15) is 5.54 Å². The molecule has 0 aromatic heterocycles. The van der Waals surface area contributed by atoms with Gasteiger partial charge < -0.3 is 5.32 Å². The van der Waals surface area contributed by atoms with Crippen molar-refractivity contribution >= 4 is 23.4 Å². The average Bonchev–Trinajstić information content (AvgIpc) is 3.41. The summed E-state index contributed by atoms with van der Waals surface area (Å²) in [6.45, 7) is 0.201. The highest BCUT2D eigenvalue weighted by molar-refractivity contribution is 6.15. The Morgan fingerprint density at radius 2 is 1.44 bits per heavy atom. The Kier molecular flexibility index (Phi) is 4.07. The zero-order valence-corrected chi connectivity index (χ0v) is 17.2. The number of benzene rings is 3. The van der Waals surface area contributed by atoms with E-state index < -0.39 is 23.4 Å². The fourth-order valence-electron chi connectivity index (χ4n) is 5.57. The molecule has 4 atom stereocenters. The zero-order valence-electron chi connectivity index (χ0n) is 17.2. The number of nitrogens with zero attached hydrogens (tertiary/aromatic N) is 1. The number of rotatable bonds is 3. The minimum Gasteiger partial charge on any atom is -0.324 e. The third-order valence-corrected chi connectivity index (χ3v) is 6.95. The molecule has 6 nitrogen and oxygen atoms in total. The Balaban J connectivity index is 1.50. The quantitative estimate of drug-likeness (QED) is 0.635. The molecule has 32 heavy (non-hydrogen) atoms. The highest BCUT2D eigenvalue weighted by atomic mass is 16.2. The first-order valence-electron chi connectivity index (χ1n) is 10.7. The maximum absolute atomic E-state index is 13.8. The minimum absolute atomic E-state index is 0.201. The monoisotopic (exact) mass is 423 g/mol. The number of likely N-dealkylation sites (tertiary alicyclic amines) is 1. The van der Waals surface area contributed by atoms with Crippen LogP contribution in [0.1, 0.15) is 22.7 Å².